The molecule has 0 saturated carbocycles. The zero-order valence-electron chi connectivity index (χ0n) is 25.5. The first-order chi connectivity index (χ1) is 22.2. The van der Waals surface area contributed by atoms with Crippen LogP contribution in [-0.2, 0) is 0 Å². The Morgan fingerprint density at radius 2 is 1.09 bits per heavy atom. The summed E-state index contributed by atoms with van der Waals surface area (Å²) in [5.74, 6) is 2.51. The van der Waals surface area contributed by atoms with Crippen LogP contribution in [0.2, 0.25) is 0 Å². The molecule has 2 aliphatic rings. The molecule has 1 heterocycles. The number of furan rings is 1. The number of allylic oxidation sites excluding steroid dienone is 3. The lowest BCUT2D eigenvalue weighted by atomic mass is 9.70. The summed E-state index contributed by atoms with van der Waals surface area (Å²) in [6.45, 7) is 4.71. The summed E-state index contributed by atoms with van der Waals surface area (Å²) < 4.78 is 6.62. The normalized spacial score (nSPS) is 19.5. The summed E-state index contributed by atoms with van der Waals surface area (Å²) in [5, 5.41) is 14.4. The highest BCUT2D eigenvalue weighted by Gasteiger charge is 2.34. The fourth-order valence-electron chi connectivity index (χ4n) is 8.72. The number of hydrogen-bond acceptors (Lipinski definition) is 1. The molecule has 45 heavy (non-hydrogen) atoms. The van der Waals surface area contributed by atoms with Crippen molar-refractivity contribution >= 4 is 70.9 Å². The molecule has 0 radical (unpaired) electrons. The Morgan fingerprint density at radius 3 is 1.73 bits per heavy atom. The van der Waals surface area contributed by atoms with Crippen LogP contribution in [0.4, 0.5) is 0 Å². The molecule has 3 unspecified atom stereocenters. The van der Waals surface area contributed by atoms with E-state index in [1.807, 2.05) is 0 Å². The minimum atomic E-state index is 0.414. The van der Waals surface area contributed by atoms with E-state index in [-0.39, 0.29) is 0 Å². The van der Waals surface area contributed by atoms with Gasteiger partial charge in [-0.1, -0.05) is 129 Å². The van der Waals surface area contributed by atoms with E-state index < -0.39 is 0 Å². The second-order valence-electron chi connectivity index (χ2n) is 13.3. The molecule has 1 aromatic heterocycles. The van der Waals surface area contributed by atoms with Crippen molar-refractivity contribution in [1.29, 1.82) is 0 Å². The summed E-state index contributed by atoms with van der Waals surface area (Å²) in [5.41, 5.74) is 6.27. The van der Waals surface area contributed by atoms with Crippen molar-refractivity contribution in [2.75, 3.05) is 0 Å². The van der Waals surface area contributed by atoms with Gasteiger partial charge >= 0.3 is 0 Å². The zero-order valence-corrected chi connectivity index (χ0v) is 25.5. The minimum Gasteiger partial charge on any atom is -0.456 e. The molecule has 214 valence electrons. The molecule has 0 fully saturated rings. The quantitative estimate of drug-likeness (QED) is 0.140. The van der Waals surface area contributed by atoms with Gasteiger partial charge < -0.3 is 4.42 Å². The fourth-order valence-corrected chi connectivity index (χ4v) is 8.72. The molecule has 0 spiro atoms. The standard InChI is InChI=1S/C44H32O/c1-25-10-9-17-29-26(2)42-37-21-19-28(23-40(37)45-41(42)24-38(25)29)27-18-20-36-39(22-27)32-13-5-8-16-35(32)43-33-14-6-3-11-30(33)31-12-4-7-15-34(31)44(36)43/h3-9,11-26,29H,10H2,1-2H3. The molecular formula is C44H32O. The molecule has 2 aliphatic carbocycles. The third-order valence-electron chi connectivity index (χ3n) is 10.9. The molecule has 3 atom stereocenters. The van der Waals surface area contributed by atoms with Crippen molar-refractivity contribution in [1.82, 2.24) is 0 Å². The van der Waals surface area contributed by atoms with Gasteiger partial charge in [0, 0.05) is 16.9 Å². The minimum absolute atomic E-state index is 0.414. The van der Waals surface area contributed by atoms with Crippen LogP contribution >= 0.6 is 0 Å². The largest absolute Gasteiger partial charge is 0.456 e. The molecule has 0 aliphatic heterocycles. The SMILES string of the molecule is CC1CC=CC2C1=Cc1oc3cc(-c4ccc5c(c4)c4ccccc4c4c6ccccc6c6ccccc6c54)ccc3c1C2C. The van der Waals surface area contributed by atoms with Crippen LogP contribution in [0.3, 0.4) is 0 Å². The average molecular weight is 577 g/mol. The highest BCUT2D eigenvalue weighted by Crippen LogP contribution is 2.49. The van der Waals surface area contributed by atoms with Gasteiger partial charge in [0.1, 0.15) is 11.3 Å². The van der Waals surface area contributed by atoms with Gasteiger partial charge in [0.2, 0.25) is 0 Å². The van der Waals surface area contributed by atoms with E-state index in [2.05, 4.69) is 141 Å². The molecule has 8 aromatic rings. The number of rotatable bonds is 1. The molecule has 0 saturated heterocycles. The summed E-state index contributed by atoms with van der Waals surface area (Å²) in [6.07, 6.45) is 8.25. The van der Waals surface area contributed by atoms with Crippen molar-refractivity contribution in [2.45, 2.75) is 26.2 Å². The summed E-state index contributed by atoms with van der Waals surface area (Å²) >= 11 is 0. The van der Waals surface area contributed by atoms with Crippen LogP contribution in [0.25, 0.3) is 82.0 Å². The molecule has 1 heteroatoms. The Bertz CT molecular complexity index is 2610. The van der Waals surface area contributed by atoms with Crippen LogP contribution in [-0.4, -0.2) is 0 Å². The van der Waals surface area contributed by atoms with Crippen molar-refractivity contribution < 1.29 is 4.42 Å². The first kappa shape index (κ1) is 25.2. The first-order valence-corrected chi connectivity index (χ1v) is 16.3. The maximum Gasteiger partial charge on any atom is 0.135 e. The van der Waals surface area contributed by atoms with Gasteiger partial charge in [-0.3, -0.25) is 0 Å². The summed E-state index contributed by atoms with van der Waals surface area (Å²) in [6, 6.07) is 40.6. The Kier molecular flexibility index (Phi) is 5.15. The fraction of sp³-hybridized carbons (Fsp3) is 0.136. The van der Waals surface area contributed by atoms with Crippen LogP contribution in [0.15, 0.2) is 131 Å². The lowest BCUT2D eigenvalue weighted by molar-refractivity contribution is 0.490. The van der Waals surface area contributed by atoms with E-state index in [1.54, 1.807) is 0 Å². The second kappa shape index (κ2) is 9.19. The molecule has 7 aromatic carbocycles. The number of benzene rings is 7. The predicted octanol–water partition coefficient (Wildman–Crippen LogP) is 12.6. The van der Waals surface area contributed by atoms with E-state index >= 15 is 0 Å². The van der Waals surface area contributed by atoms with Gasteiger partial charge in [-0.25, -0.2) is 0 Å². The van der Waals surface area contributed by atoms with Crippen LogP contribution in [0.5, 0.6) is 0 Å². The van der Waals surface area contributed by atoms with Crippen LogP contribution in [0, 0.1) is 11.8 Å². The lowest BCUT2D eigenvalue weighted by Crippen LogP contribution is -2.21. The van der Waals surface area contributed by atoms with E-state index in [0.29, 0.717) is 17.8 Å². The molecule has 0 bridgehead atoms. The third-order valence-corrected chi connectivity index (χ3v) is 10.9. The van der Waals surface area contributed by atoms with E-state index in [4.69, 9.17) is 4.42 Å². The summed E-state index contributed by atoms with van der Waals surface area (Å²) in [7, 11) is 0. The lowest BCUT2D eigenvalue weighted by Gasteiger charge is -2.33. The van der Waals surface area contributed by atoms with Crippen LogP contribution < -0.4 is 0 Å². The molecule has 0 N–H and O–H groups in total. The smallest absolute Gasteiger partial charge is 0.135 e. The van der Waals surface area contributed by atoms with Gasteiger partial charge in [-0.15, -0.1) is 0 Å². The Morgan fingerprint density at radius 1 is 0.556 bits per heavy atom. The van der Waals surface area contributed by atoms with Gasteiger partial charge in [0.25, 0.3) is 0 Å². The van der Waals surface area contributed by atoms with E-state index in [0.717, 1.165) is 17.8 Å². The molecule has 0 amide bonds. The van der Waals surface area contributed by atoms with E-state index in [9.17, 15) is 0 Å². The van der Waals surface area contributed by atoms with Gasteiger partial charge in [0.05, 0.1) is 0 Å². The number of hydrogen-bond donors (Lipinski definition) is 0. The molecule has 1 nitrogen and oxygen atoms in total. The van der Waals surface area contributed by atoms with Crippen LogP contribution in [0.1, 0.15) is 37.5 Å². The summed E-state index contributed by atoms with van der Waals surface area (Å²) in [4.78, 5) is 0. The van der Waals surface area contributed by atoms with E-state index in [1.165, 1.54) is 81.5 Å². The third kappa shape index (κ3) is 3.44. The van der Waals surface area contributed by atoms with Crippen molar-refractivity contribution in [3.63, 3.8) is 0 Å². The van der Waals surface area contributed by atoms with Gasteiger partial charge in [-0.05, 0) is 101 Å². The number of fused-ring (bicyclic) bond motifs is 15. The predicted molar refractivity (Wildman–Crippen MR) is 192 cm³/mol. The van der Waals surface area contributed by atoms with Crippen molar-refractivity contribution in [2.24, 2.45) is 11.8 Å². The first-order valence-electron chi connectivity index (χ1n) is 16.3. The van der Waals surface area contributed by atoms with Gasteiger partial charge in [-0.2, -0.15) is 0 Å². The Balaban J connectivity index is 1.23. The Labute approximate surface area is 262 Å². The van der Waals surface area contributed by atoms with Crippen molar-refractivity contribution in [3.8, 4) is 11.1 Å². The highest BCUT2D eigenvalue weighted by molar-refractivity contribution is 6.39. The zero-order chi connectivity index (χ0) is 29.8. The monoisotopic (exact) mass is 576 g/mol. The average Bonchev–Trinajstić information content (AvgIpc) is 3.46. The second-order valence-corrected chi connectivity index (χ2v) is 13.3. The molecule has 10 rings (SSSR count). The van der Waals surface area contributed by atoms with Crippen molar-refractivity contribution in [3.05, 3.63) is 138 Å². The molecular weight excluding hydrogens is 544 g/mol. The highest BCUT2D eigenvalue weighted by atomic mass is 16.3. The topological polar surface area (TPSA) is 13.1 Å². The maximum absolute atomic E-state index is 6.62. The van der Waals surface area contributed by atoms with Gasteiger partial charge in [0.15, 0.2) is 0 Å². The Hall–Kier alpha value is -5.14. The maximum atomic E-state index is 6.62.